The number of hydrogen-bond acceptors (Lipinski definition) is 4. The summed E-state index contributed by atoms with van der Waals surface area (Å²) in [5.74, 6) is 0. The highest BCUT2D eigenvalue weighted by Crippen LogP contribution is 2.25. The molecule has 0 aliphatic heterocycles. The average molecular weight is 329 g/mol. The molecule has 23 heavy (non-hydrogen) atoms. The molecule has 0 spiro atoms. The van der Waals surface area contributed by atoms with Crippen molar-refractivity contribution >= 4 is 26.6 Å². The molecule has 2 N–H and O–H groups in total. The highest BCUT2D eigenvalue weighted by Gasteiger charge is 2.09. The first-order valence-corrected chi connectivity index (χ1v) is 8.80. The third kappa shape index (κ3) is 3.24. The number of nitrogens with zero attached hydrogens (tertiary/aromatic N) is 1. The van der Waals surface area contributed by atoms with Gasteiger partial charge in [0.2, 0.25) is 10.0 Å². The van der Waals surface area contributed by atoms with Gasteiger partial charge in [-0.3, -0.25) is 9.52 Å². The molecule has 0 saturated heterocycles. The van der Waals surface area contributed by atoms with Gasteiger partial charge >= 0.3 is 0 Å². The van der Waals surface area contributed by atoms with E-state index in [0.29, 0.717) is 22.5 Å². The lowest BCUT2D eigenvalue weighted by Crippen LogP contribution is -2.10. The number of sulfonamides is 1. The Balaban J connectivity index is 2.15. The Bertz CT molecular complexity index is 1060. The zero-order valence-corrected chi connectivity index (χ0v) is 13.4. The summed E-state index contributed by atoms with van der Waals surface area (Å²) in [5, 5.41) is 0.828. The van der Waals surface area contributed by atoms with Crippen LogP contribution in [0.15, 0.2) is 47.4 Å². The van der Waals surface area contributed by atoms with Gasteiger partial charge in [0, 0.05) is 17.3 Å². The molecule has 0 aliphatic rings. The van der Waals surface area contributed by atoms with Crippen molar-refractivity contribution in [1.29, 1.82) is 0 Å². The molecule has 0 saturated carbocycles. The molecule has 2 heterocycles. The second-order valence-corrected chi connectivity index (χ2v) is 7.09. The Labute approximate surface area is 133 Å². The van der Waals surface area contributed by atoms with E-state index in [1.807, 2.05) is 13.0 Å². The first kappa shape index (κ1) is 15.2. The molecule has 7 heteroatoms. The molecule has 0 bridgehead atoms. The molecular formula is C16H15N3O3S. The molecule has 1 aromatic carbocycles. The maximum Gasteiger partial charge on any atom is 0.257 e. The number of H-pyrrole nitrogens is 1. The van der Waals surface area contributed by atoms with E-state index in [-0.39, 0.29) is 5.56 Å². The number of hydrogen-bond donors (Lipinski definition) is 2. The number of pyridine rings is 2. The fourth-order valence-electron chi connectivity index (χ4n) is 2.43. The summed E-state index contributed by atoms with van der Waals surface area (Å²) in [7, 11) is -3.33. The summed E-state index contributed by atoms with van der Waals surface area (Å²) in [6.07, 6.45) is 2.68. The van der Waals surface area contributed by atoms with Gasteiger partial charge in [-0.1, -0.05) is 0 Å². The SMILES string of the molecule is Cc1cc(-c2ccc[nH]c2=O)nc2ccc(NS(C)(=O)=O)cc12. The van der Waals surface area contributed by atoms with E-state index in [9.17, 15) is 13.2 Å². The van der Waals surface area contributed by atoms with E-state index in [0.717, 1.165) is 17.2 Å². The molecule has 0 aliphatic carbocycles. The Morgan fingerprint density at radius 1 is 1.17 bits per heavy atom. The molecule has 0 amide bonds. The summed E-state index contributed by atoms with van der Waals surface area (Å²) in [5.41, 5.74) is 2.97. The predicted molar refractivity (Wildman–Crippen MR) is 91.0 cm³/mol. The number of rotatable bonds is 3. The molecule has 0 fully saturated rings. The minimum atomic E-state index is -3.33. The van der Waals surface area contributed by atoms with Crippen molar-refractivity contribution in [3.8, 4) is 11.3 Å². The quantitative estimate of drug-likeness (QED) is 0.771. The largest absolute Gasteiger partial charge is 0.329 e. The van der Waals surface area contributed by atoms with Crippen LogP contribution in [0, 0.1) is 6.92 Å². The van der Waals surface area contributed by atoms with Crippen molar-refractivity contribution in [2.45, 2.75) is 6.92 Å². The van der Waals surface area contributed by atoms with Crippen LogP contribution < -0.4 is 10.3 Å². The lowest BCUT2D eigenvalue weighted by molar-refractivity contribution is 0.607. The van der Waals surface area contributed by atoms with Gasteiger partial charge < -0.3 is 4.98 Å². The van der Waals surface area contributed by atoms with Crippen LogP contribution in [0.25, 0.3) is 22.2 Å². The molecule has 118 valence electrons. The van der Waals surface area contributed by atoms with Gasteiger partial charge in [0.15, 0.2) is 0 Å². The van der Waals surface area contributed by atoms with Crippen LogP contribution in [-0.2, 0) is 10.0 Å². The number of nitrogens with one attached hydrogen (secondary N) is 2. The maximum absolute atomic E-state index is 11.9. The smallest absolute Gasteiger partial charge is 0.257 e. The van der Waals surface area contributed by atoms with Crippen molar-refractivity contribution in [3.05, 3.63) is 58.5 Å². The molecule has 3 aromatic rings. The molecule has 3 rings (SSSR count). The predicted octanol–water partition coefficient (Wildman–Crippen LogP) is 2.27. The topological polar surface area (TPSA) is 91.9 Å². The number of aryl methyl sites for hydroxylation is 1. The van der Waals surface area contributed by atoms with Crippen LogP contribution in [0.3, 0.4) is 0 Å². The number of aromatic amines is 1. The Hall–Kier alpha value is -2.67. The fourth-order valence-corrected chi connectivity index (χ4v) is 2.99. The zero-order valence-electron chi connectivity index (χ0n) is 12.6. The molecule has 0 atom stereocenters. The fraction of sp³-hybridized carbons (Fsp3) is 0.125. The van der Waals surface area contributed by atoms with Gasteiger partial charge in [-0.15, -0.1) is 0 Å². The summed E-state index contributed by atoms with van der Waals surface area (Å²) in [4.78, 5) is 19.0. The van der Waals surface area contributed by atoms with E-state index in [2.05, 4.69) is 14.7 Å². The van der Waals surface area contributed by atoms with Crippen LogP contribution in [0.2, 0.25) is 0 Å². The Morgan fingerprint density at radius 2 is 1.96 bits per heavy atom. The number of fused-ring (bicyclic) bond motifs is 1. The maximum atomic E-state index is 11.9. The second kappa shape index (κ2) is 5.51. The van der Waals surface area contributed by atoms with Gasteiger partial charge in [-0.25, -0.2) is 13.4 Å². The van der Waals surface area contributed by atoms with E-state index in [4.69, 9.17) is 0 Å². The number of aromatic nitrogens is 2. The molecule has 2 aromatic heterocycles. The minimum absolute atomic E-state index is 0.200. The molecule has 6 nitrogen and oxygen atoms in total. The van der Waals surface area contributed by atoms with Crippen LogP contribution >= 0.6 is 0 Å². The Kier molecular flexibility index (Phi) is 3.65. The summed E-state index contributed by atoms with van der Waals surface area (Å²) in [6.45, 7) is 1.90. The molecule has 0 unspecified atom stereocenters. The van der Waals surface area contributed by atoms with Gasteiger partial charge in [0.1, 0.15) is 0 Å². The van der Waals surface area contributed by atoms with Crippen LogP contribution in [0.4, 0.5) is 5.69 Å². The van der Waals surface area contributed by atoms with Gasteiger partial charge in [-0.2, -0.15) is 0 Å². The van der Waals surface area contributed by atoms with Crippen molar-refractivity contribution in [3.63, 3.8) is 0 Å². The van der Waals surface area contributed by atoms with E-state index in [1.165, 1.54) is 0 Å². The third-order valence-electron chi connectivity index (χ3n) is 3.41. The minimum Gasteiger partial charge on any atom is -0.329 e. The molecular weight excluding hydrogens is 314 g/mol. The number of benzene rings is 1. The van der Waals surface area contributed by atoms with Crippen LogP contribution in [0.1, 0.15) is 5.56 Å². The first-order valence-electron chi connectivity index (χ1n) is 6.91. The first-order chi connectivity index (χ1) is 10.8. The molecule has 0 radical (unpaired) electrons. The van der Waals surface area contributed by atoms with Crippen molar-refractivity contribution < 1.29 is 8.42 Å². The standard InChI is InChI=1S/C16H15N3O3S/c1-10-8-15(12-4-3-7-17-16(12)20)18-14-6-5-11(9-13(10)14)19-23(2,21)22/h3-9,19H,1-2H3,(H,17,20). The summed E-state index contributed by atoms with van der Waals surface area (Å²) in [6, 6.07) is 10.4. The summed E-state index contributed by atoms with van der Waals surface area (Å²) < 4.78 is 25.1. The Morgan fingerprint density at radius 3 is 2.65 bits per heavy atom. The van der Waals surface area contributed by atoms with E-state index < -0.39 is 10.0 Å². The lowest BCUT2D eigenvalue weighted by Gasteiger charge is -2.09. The average Bonchev–Trinajstić information content (AvgIpc) is 2.46. The highest BCUT2D eigenvalue weighted by atomic mass is 32.2. The van der Waals surface area contributed by atoms with Gasteiger partial charge in [0.05, 0.1) is 23.0 Å². The van der Waals surface area contributed by atoms with Crippen LogP contribution in [0.5, 0.6) is 0 Å². The van der Waals surface area contributed by atoms with Gasteiger partial charge in [-0.05, 0) is 48.9 Å². The monoisotopic (exact) mass is 329 g/mol. The second-order valence-electron chi connectivity index (χ2n) is 5.34. The summed E-state index contributed by atoms with van der Waals surface area (Å²) >= 11 is 0. The zero-order chi connectivity index (χ0) is 16.6. The van der Waals surface area contributed by atoms with E-state index in [1.54, 1.807) is 36.5 Å². The number of anilines is 1. The lowest BCUT2D eigenvalue weighted by atomic mass is 10.1. The highest BCUT2D eigenvalue weighted by molar-refractivity contribution is 7.92. The van der Waals surface area contributed by atoms with Gasteiger partial charge in [0.25, 0.3) is 5.56 Å². The van der Waals surface area contributed by atoms with E-state index >= 15 is 0 Å². The normalized spacial score (nSPS) is 11.6. The van der Waals surface area contributed by atoms with Crippen molar-refractivity contribution in [2.24, 2.45) is 0 Å². The van der Waals surface area contributed by atoms with Crippen molar-refractivity contribution in [1.82, 2.24) is 9.97 Å². The van der Waals surface area contributed by atoms with Crippen LogP contribution in [-0.4, -0.2) is 24.6 Å². The van der Waals surface area contributed by atoms with Crippen molar-refractivity contribution in [2.75, 3.05) is 11.0 Å². The third-order valence-corrected chi connectivity index (χ3v) is 4.02.